The lowest BCUT2D eigenvalue weighted by molar-refractivity contribution is -0.379. The van der Waals surface area contributed by atoms with Gasteiger partial charge in [-0.15, -0.1) is 0 Å². The van der Waals surface area contributed by atoms with Crippen molar-refractivity contribution in [3.05, 3.63) is 24.3 Å². The van der Waals surface area contributed by atoms with E-state index in [0.717, 1.165) is 70.6 Å². The topological polar surface area (TPSA) is 307 Å². The first-order valence-electron chi connectivity index (χ1n) is 26.6. The lowest BCUT2D eigenvalue weighted by Crippen LogP contribution is -2.66. The van der Waals surface area contributed by atoms with Gasteiger partial charge in [0.15, 0.2) is 18.9 Å². The van der Waals surface area contributed by atoms with Crippen molar-refractivity contribution in [1.29, 1.82) is 0 Å². The minimum absolute atomic E-state index is 0.238. The van der Waals surface area contributed by atoms with E-state index < -0.39 is 124 Å². The summed E-state index contributed by atoms with van der Waals surface area (Å²) in [5.41, 5.74) is 0. The van der Waals surface area contributed by atoms with Gasteiger partial charge in [-0.2, -0.15) is 0 Å². The summed E-state index contributed by atoms with van der Waals surface area (Å²) in [5, 5.41) is 119. The van der Waals surface area contributed by atoms with Crippen molar-refractivity contribution in [3.8, 4) is 0 Å². The van der Waals surface area contributed by atoms with E-state index >= 15 is 0 Å². The van der Waals surface area contributed by atoms with Gasteiger partial charge < -0.3 is 89.9 Å². The highest BCUT2D eigenvalue weighted by atomic mass is 16.8. The Labute approximate surface area is 416 Å². The van der Waals surface area contributed by atoms with Gasteiger partial charge in [0.25, 0.3) is 0 Å². The van der Waals surface area contributed by atoms with Gasteiger partial charge in [0, 0.05) is 6.42 Å². The van der Waals surface area contributed by atoms with E-state index in [-0.39, 0.29) is 18.9 Å². The molecule has 19 nitrogen and oxygen atoms in total. The van der Waals surface area contributed by atoms with Crippen LogP contribution in [0.4, 0.5) is 0 Å². The number of aliphatic hydroxyl groups is 11. The molecule has 0 aromatic carbocycles. The summed E-state index contributed by atoms with van der Waals surface area (Å²) in [6.07, 6.45) is 6.42. The molecule has 410 valence electrons. The van der Waals surface area contributed by atoms with Crippen LogP contribution in [0.1, 0.15) is 162 Å². The Hall–Kier alpha value is -1.73. The van der Waals surface area contributed by atoms with Crippen molar-refractivity contribution in [2.45, 2.75) is 266 Å². The van der Waals surface area contributed by atoms with Crippen LogP contribution in [0.5, 0.6) is 0 Å². The van der Waals surface area contributed by atoms with Crippen LogP contribution >= 0.6 is 0 Å². The second-order valence-corrected chi connectivity index (χ2v) is 19.3. The Bertz CT molecular complexity index is 1390. The van der Waals surface area contributed by atoms with Crippen molar-refractivity contribution < 1.29 is 89.4 Å². The van der Waals surface area contributed by atoms with Crippen LogP contribution in [0.15, 0.2) is 24.3 Å². The lowest BCUT2D eigenvalue weighted by Gasteiger charge is -2.48. The summed E-state index contributed by atoms with van der Waals surface area (Å²) >= 11 is 0. The van der Waals surface area contributed by atoms with Gasteiger partial charge in [0.05, 0.1) is 38.6 Å². The van der Waals surface area contributed by atoms with E-state index in [1.165, 1.54) is 64.2 Å². The second kappa shape index (κ2) is 36.3. The average Bonchev–Trinajstić information content (AvgIpc) is 3.35. The fourth-order valence-corrected chi connectivity index (χ4v) is 9.01. The van der Waals surface area contributed by atoms with Gasteiger partial charge in [-0.1, -0.05) is 134 Å². The van der Waals surface area contributed by atoms with Gasteiger partial charge in [0.1, 0.15) is 73.2 Å². The Kier molecular flexibility index (Phi) is 32.4. The average molecular weight is 1010 g/mol. The van der Waals surface area contributed by atoms with Crippen molar-refractivity contribution >= 4 is 5.91 Å². The van der Waals surface area contributed by atoms with Crippen LogP contribution in [0.2, 0.25) is 0 Å². The summed E-state index contributed by atoms with van der Waals surface area (Å²) < 4.78 is 34.0. The van der Waals surface area contributed by atoms with E-state index in [1.54, 1.807) is 6.08 Å². The molecule has 19 heteroatoms. The number of nitrogens with one attached hydrogen (secondary N) is 1. The molecule has 3 aliphatic heterocycles. The Morgan fingerprint density at radius 1 is 0.500 bits per heavy atom. The summed E-state index contributed by atoms with van der Waals surface area (Å²) in [6, 6.07) is -0.969. The van der Waals surface area contributed by atoms with E-state index in [9.17, 15) is 61.0 Å². The molecule has 70 heavy (non-hydrogen) atoms. The van der Waals surface area contributed by atoms with Gasteiger partial charge in [0.2, 0.25) is 5.91 Å². The molecule has 12 N–H and O–H groups in total. The van der Waals surface area contributed by atoms with Gasteiger partial charge in [-0.05, 0) is 44.9 Å². The molecule has 3 aliphatic rings. The zero-order chi connectivity index (χ0) is 51.3. The largest absolute Gasteiger partial charge is 0.394 e. The van der Waals surface area contributed by atoms with Crippen LogP contribution in [-0.2, 0) is 33.2 Å². The van der Waals surface area contributed by atoms with E-state index in [1.807, 2.05) is 6.08 Å². The molecule has 0 aliphatic carbocycles. The number of hydrogen-bond donors (Lipinski definition) is 12. The fourth-order valence-electron chi connectivity index (χ4n) is 9.01. The minimum Gasteiger partial charge on any atom is -0.394 e. The molecular formula is C51H93NO18. The molecule has 1 amide bonds. The maximum Gasteiger partial charge on any atom is 0.220 e. The predicted octanol–water partition coefficient (Wildman–Crippen LogP) is 2.42. The molecule has 0 aromatic rings. The molecule has 3 heterocycles. The van der Waals surface area contributed by atoms with E-state index in [0.29, 0.717) is 6.42 Å². The molecular weight excluding hydrogens is 915 g/mol. The smallest absolute Gasteiger partial charge is 0.220 e. The number of allylic oxidation sites excluding steroid dienone is 3. The Morgan fingerprint density at radius 2 is 0.900 bits per heavy atom. The predicted molar refractivity (Wildman–Crippen MR) is 259 cm³/mol. The van der Waals surface area contributed by atoms with Crippen LogP contribution in [0.25, 0.3) is 0 Å². The van der Waals surface area contributed by atoms with Crippen molar-refractivity contribution in [3.63, 3.8) is 0 Å². The highest BCUT2D eigenvalue weighted by Gasteiger charge is 2.53. The molecule has 0 spiro atoms. The minimum atomic E-state index is -1.97. The number of rotatable bonds is 37. The highest BCUT2D eigenvalue weighted by Crippen LogP contribution is 2.33. The molecule has 0 saturated carbocycles. The lowest BCUT2D eigenvalue weighted by atomic mass is 9.96. The third kappa shape index (κ3) is 21.6. The molecule has 17 unspecified atom stereocenters. The highest BCUT2D eigenvalue weighted by molar-refractivity contribution is 5.76. The zero-order valence-electron chi connectivity index (χ0n) is 42.0. The quantitative estimate of drug-likeness (QED) is 0.0314. The Morgan fingerprint density at radius 3 is 1.39 bits per heavy atom. The third-order valence-corrected chi connectivity index (χ3v) is 13.5. The number of aliphatic hydroxyl groups excluding tert-OH is 11. The van der Waals surface area contributed by atoms with Crippen LogP contribution < -0.4 is 5.32 Å². The third-order valence-electron chi connectivity index (χ3n) is 13.5. The first-order valence-corrected chi connectivity index (χ1v) is 26.6. The van der Waals surface area contributed by atoms with Gasteiger partial charge >= 0.3 is 0 Å². The standard InChI is InChI=1S/C51H93NO18/c1-3-5-7-9-11-12-13-14-15-16-17-18-19-20-21-23-25-27-29-39(57)52-34(35(56)28-26-24-22-10-8-6-4-2)33-65-49-45(63)42(60)47(37(31-54)67-49)70-51-46(64)43(61)48(38(32-55)68-51)69-50-44(62)41(59)40(58)36(30-53)66-50/h15-16,26,28,34-38,40-51,53-56,58-64H,3-14,17-25,27,29-33H2,1-2H3,(H,52,57)/b16-15-,28-26+. The van der Waals surface area contributed by atoms with Crippen molar-refractivity contribution in [1.82, 2.24) is 5.32 Å². The molecule has 17 atom stereocenters. The normalized spacial score (nSPS) is 32.7. The number of amides is 1. The number of carbonyl (C=O) groups is 1. The van der Waals surface area contributed by atoms with Crippen molar-refractivity contribution in [2.24, 2.45) is 0 Å². The summed E-state index contributed by atoms with van der Waals surface area (Å²) in [4.78, 5) is 13.2. The van der Waals surface area contributed by atoms with Crippen LogP contribution in [-0.4, -0.2) is 193 Å². The molecule has 0 bridgehead atoms. The maximum absolute atomic E-state index is 13.2. The molecule has 3 saturated heterocycles. The molecule has 0 radical (unpaired) electrons. The van der Waals surface area contributed by atoms with Crippen molar-refractivity contribution in [2.75, 3.05) is 26.4 Å². The fraction of sp³-hybridized carbons (Fsp3) is 0.902. The zero-order valence-corrected chi connectivity index (χ0v) is 42.0. The number of unbranched alkanes of at least 4 members (excludes halogenated alkanes) is 19. The maximum atomic E-state index is 13.2. The van der Waals surface area contributed by atoms with Crippen LogP contribution in [0.3, 0.4) is 0 Å². The van der Waals surface area contributed by atoms with E-state index in [2.05, 4.69) is 31.3 Å². The van der Waals surface area contributed by atoms with E-state index in [4.69, 9.17) is 28.4 Å². The first-order chi connectivity index (χ1) is 33.8. The summed E-state index contributed by atoms with van der Waals surface area (Å²) in [6.45, 7) is 1.62. The number of ether oxygens (including phenoxy) is 6. The Balaban J connectivity index is 1.50. The van der Waals surface area contributed by atoms with Crippen LogP contribution in [0, 0.1) is 0 Å². The van der Waals surface area contributed by atoms with Gasteiger partial charge in [-0.3, -0.25) is 4.79 Å². The molecule has 3 rings (SSSR count). The molecule has 3 fully saturated rings. The second-order valence-electron chi connectivity index (χ2n) is 19.3. The monoisotopic (exact) mass is 1010 g/mol. The summed E-state index contributed by atoms with van der Waals surface area (Å²) in [7, 11) is 0. The van der Waals surface area contributed by atoms with Gasteiger partial charge in [-0.25, -0.2) is 0 Å². The SMILES string of the molecule is CCCCCCC/C=C/C(O)C(COC1OC(CO)C(OC2OC(CO)C(OC3OC(CO)C(O)C(O)C3O)C(O)C2O)C(O)C1O)NC(=O)CCCCCCCCC/C=C\CCCCCCCCC. The summed E-state index contributed by atoms with van der Waals surface area (Å²) in [5.74, 6) is -0.286. The number of carbonyl (C=O) groups excluding carboxylic acids is 1. The molecule has 0 aromatic heterocycles. The first kappa shape index (κ1) is 62.6. The number of hydrogen-bond acceptors (Lipinski definition) is 18.